The highest BCUT2D eigenvalue weighted by molar-refractivity contribution is 5.82. The first-order valence-corrected chi connectivity index (χ1v) is 16.7. The highest BCUT2D eigenvalue weighted by atomic mass is 16.6. The topological polar surface area (TPSA) is 105 Å². The summed E-state index contributed by atoms with van der Waals surface area (Å²) in [6, 6.07) is -0.713. The average molecular weight is 598 g/mol. The van der Waals surface area contributed by atoms with Crippen molar-refractivity contribution in [2.24, 2.45) is 35.5 Å². The fourth-order valence-electron chi connectivity index (χ4n) is 8.51. The van der Waals surface area contributed by atoms with E-state index in [2.05, 4.69) is 11.2 Å². The summed E-state index contributed by atoms with van der Waals surface area (Å²) in [6.07, 6.45) is 15.8. The van der Waals surface area contributed by atoms with E-state index in [0.717, 1.165) is 37.5 Å². The fraction of sp³-hybridized carbons (Fsp3) is 0.824. The van der Waals surface area contributed by atoms with E-state index in [9.17, 15) is 19.2 Å². The number of nitrogens with one attached hydrogen (secondary N) is 1. The van der Waals surface area contributed by atoms with Crippen molar-refractivity contribution in [2.75, 3.05) is 26.2 Å². The Morgan fingerprint density at radius 1 is 0.930 bits per heavy atom. The number of hydrogen-bond donors (Lipinski definition) is 1. The van der Waals surface area contributed by atoms with Gasteiger partial charge >= 0.3 is 12.1 Å². The van der Waals surface area contributed by atoms with Crippen LogP contribution >= 0.6 is 0 Å². The standard InChI is InChI=1S/C34H51N3O6/c1-5-28(20-30(39)42-31-26-16-23-15-24(18-26)19-27(31)17-23)35-32(40)25-7-6-12-37(21-25)29(38)9-8-22-10-13-36(14-11-22)33(41)43-34(2,3)4/h1,22-28,31H,6-21H2,2-4H3,(H,35,40)/t23?,24?,25-,26?,27?,28-,31?/m1/s1. The summed E-state index contributed by atoms with van der Waals surface area (Å²) in [4.78, 5) is 55.0. The zero-order valence-electron chi connectivity index (χ0n) is 26.4. The molecule has 9 heteroatoms. The Balaban J connectivity index is 1.02. The van der Waals surface area contributed by atoms with E-state index in [4.69, 9.17) is 15.9 Å². The summed E-state index contributed by atoms with van der Waals surface area (Å²) in [5, 5.41) is 2.88. The smallest absolute Gasteiger partial charge is 0.410 e. The molecule has 6 aliphatic rings. The third-order valence-corrected chi connectivity index (χ3v) is 10.5. The second kappa shape index (κ2) is 13.5. The molecule has 2 saturated heterocycles. The molecule has 4 bridgehead atoms. The number of terminal acetylenes is 1. The van der Waals surface area contributed by atoms with Crippen LogP contribution in [0, 0.1) is 47.9 Å². The minimum absolute atomic E-state index is 0.00450. The molecule has 238 valence electrons. The van der Waals surface area contributed by atoms with Crippen LogP contribution in [0.1, 0.15) is 97.8 Å². The second-order valence-corrected chi connectivity index (χ2v) is 14.9. The molecule has 0 spiro atoms. The summed E-state index contributed by atoms with van der Waals surface area (Å²) in [6.45, 7) is 7.91. The molecular formula is C34H51N3O6. The SMILES string of the molecule is C#C[C@H](CC(=O)OC1C2CC3CC(C2)CC1C3)NC(=O)[C@@H]1CCCN(C(=O)CCC2CCN(C(=O)OC(C)(C)C)CC2)C1. The summed E-state index contributed by atoms with van der Waals surface area (Å²) in [5.41, 5.74) is -0.509. The van der Waals surface area contributed by atoms with Gasteiger partial charge < -0.3 is 24.6 Å². The van der Waals surface area contributed by atoms with Crippen molar-refractivity contribution in [3.8, 4) is 12.3 Å². The van der Waals surface area contributed by atoms with E-state index < -0.39 is 11.6 Å². The Bertz CT molecular complexity index is 1060. The van der Waals surface area contributed by atoms with Crippen LogP contribution in [0.3, 0.4) is 0 Å². The maximum Gasteiger partial charge on any atom is 0.410 e. The van der Waals surface area contributed by atoms with Crippen molar-refractivity contribution in [2.45, 2.75) is 116 Å². The molecule has 0 aromatic heterocycles. The highest BCUT2D eigenvalue weighted by Gasteiger charge is 2.50. The van der Waals surface area contributed by atoms with Crippen LogP contribution in [0.2, 0.25) is 0 Å². The van der Waals surface area contributed by atoms with Crippen LogP contribution in [0.25, 0.3) is 0 Å². The number of piperidine rings is 2. The predicted octanol–water partition coefficient (Wildman–Crippen LogP) is 4.53. The van der Waals surface area contributed by atoms with Crippen molar-refractivity contribution < 1.29 is 28.7 Å². The number of nitrogens with zero attached hydrogens (tertiary/aromatic N) is 2. The Hall–Kier alpha value is -2.76. The first kappa shape index (κ1) is 31.7. The maximum atomic E-state index is 13.1. The van der Waals surface area contributed by atoms with Gasteiger partial charge in [-0.2, -0.15) is 0 Å². The van der Waals surface area contributed by atoms with Crippen LogP contribution in [0.5, 0.6) is 0 Å². The van der Waals surface area contributed by atoms with Gasteiger partial charge in [-0.15, -0.1) is 6.42 Å². The van der Waals surface area contributed by atoms with Crippen molar-refractivity contribution in [1.29, 1.82) is 0 Å². The van der Waals surface area contributed by atoms with Gasteiger partial charge in [-0.05, 0) is 115 Å². The molecule has 3 amide bonds. The predicted molar refractivity (Wildman–Crippen MR) is 161 cm³/mol. The van der Waals surface area contributed by atoms with Gasteiger partial charge in [-0.25, -0.2) is 4.79 Å². The zero-order valence-corrected chi connectivity index (χ0v) is 26.4. The third-order valence-electron chi connectivity index (χ3n) is 10.5. The number of likely N-dealkylation sites (tertiary alicyclic amines) is 2. The third kappa shape index (κ3) is 8.25. The van der Waals surface area contributed by atoms with Crippen molar-refractivity contribution in [3.63, 3.8) is 0 Å². The lowest BCUT2D eigenvalue weighted by molar-refractivity contribution is -0.171. The number of ether oxygens (including phenoxy) is 2. The minimum Gasteiger partial charge on any atom is -0.462 e. The molecule has 9 nitrogen and oxygen atoms in total. The molecule has 6 rings (SSSR count). The molecular weight excluding hydrogens is 546 g/mol. The van der Waals surface area contributed by atoms with E-state index in [0.29, 0.717) is 56.8 Å². The molecule has 4 aliphatic carbocycles. The van der Waals surface area contributed by atoms with Gasteiger partial charge in [0.2, 0.25) is 11.8 Å². The molecule has 2 aliphatic heterocycles. The number of amides is 3. The van der Waals surface area contributed by atoms with Gasteiger partial charge in [0, 0.05) is 32.6 Å². The molecule has 2 heterocycles. The monoisotopic (exact) mass is 597 g/mol. The Morgan fingerprint density at radius 3 is 2.19 bits per heavy atom. The molecule has 2 atom stereocenters. The van der Waals surface area contributed by atoms with E-state index in [1.807, 2.05) is 20.8 Å². The Kier molecular flexibility index (Phi) is 9.93. The lowest BCUT2D eigenvalue weighted by atomic mass is 9.55. The van der Waals surface area contributed by atoms with E-state index in [1.165, 1.54) is 32.1 Å². The lowest BCUT2D eigenvalue weighted by Gasteiger charge is -2.53. The van der Waals surface area contributed by atoms with Gasteiger partial charge in [-0.3, -0.25) is 14.4 Å². The lowest BCUT2D eigenvalue weighted by Crippen LogP contribution is -2.50. The van der Waals surface area contributed by atoms with Gasteiger partial charge in [0.1, 0.15) is 17.7 Å². The van der Waals surface area contributed by atoms with Crippen LogP contribution in [-0.2, 0) is 23.9 Å². The minimum atomic E-state index is -0.713. The first-order valence-electron chi connectivity index (χ1n) is 16.7. The maximum absolute atomic E-state index is 13.1. The number of hydrogen-bond acceptors (Lipinski definition) is 6. The molecule has 4 saturated carbocycles. The summed E-state index contributed by atoms with van der Waals surface area (Å²) in [5.74, 6) is 4.75. The van der Waals surface area contributed by atoms with Crippen LogP contribution in [-0.4, -0.2) is 77.6 Å². The van der Waals surface area contributed by atoms with Crippen LogP contribution in [0.15, 0.2) is 0 Å². The zero-order chi connectivity index (χ0) is 30.7. The van der Waals surface area contributed by atoms with Crippen LogP contribution < -0.4 is 5.32 Å². The van der Waals surface area contributed by atoms with E-state index >= 15 is 0 Å². The normalized spacial score (nSPS) is 31.2. The average Bonchev–Trinajstić information content (AvgIpc) is 2.96. The number of carbonyl (C=O) groups excluding carboxylic acids is 4. The van der Waals surface area contributed by atoms with Gasteiger partial charge in [0.05, 0.1) is 12.3 Å². The molecule has 0 radical (unpaired) electrons. The molecule has 0 aromatic carbocycles. The number of rotatable bonds is 8. The fourth-order valence-corrected chi connectivity index (χ4v) is 8.51. The molecule has 43 heavy (non-hydrogen) atoms. The van der Waals surface area contributed by atoms with E-state index in [-0.39, 0.29) is 42.3 Å². The summed E-state index contributed by atoms with van der Waals surface area (Å²) < 4.78 is 11.5. The van der Waals surface area contributed by atoms with Crippen molar-refractivity contribution >= 4 is 23.9 Å². The highest BCUT2D eigenvalue weighted by Crippen LogP contribution is 2.54. The molecule has 6 fully saturated rings. The Morgan fingerprint density at radius 2 is 1.58 bits per heavy atom. The summed E-state index contributed by atoms with van der Waals surface area (Å²) >= 11 is 0. The molecule has 0 unspecified atom stereocenters. The van der Waals surface area contributed by atoms with Crippen molar-refractivity contribution in [3.05, 3.63) is 0 Å². The van der Waals surface area contributed by atoms with Gasteiger partial charge in [0.25, 0.3) is 0 Å². The van der Waals surface area contributed by atoms with Gasteiger partial charge in [0.15, 0.2) is 0 Å². The Labute approximate surface area is 257 Å². The summed E-state index contributed by atoms with van der Waals surface area (Å²) in [7, 11) is 0. The largest absolute Gasteiger partial charge is 0.462 e. The van der Waals surface area contributed by atoms with Crippen LogP contribution in [0.4, 0.5) is 4.79 Å². The van der Waals surface area contributed by atoms with E-state index in [1.54, 1.807) is 9.80 Å². The second-order valence-electron chi connectivity index (χ2n) is 14.9. The van der Waals surface area contributed by atoms with Crippen molar-refractivity contribution in [1.82, 2.24) is 15.1 Å². The molecule has 1 N–H and O–H groups in total. The number of esters is 1. The van der Waals surface area contributed by atoms with Gasteiger partial charge in [-0.1, -0.05) is 5.92 Å². The molecule has 0 aromatic rings. The first-order chi connectivity index (χ1) is 20.5. The number of carbonyl (C=O) groups is 4. The quantitative estimate of drug-likeness (QED) is 0.326.